The molecule has 0 radical (unpaired) electrons. The summed E-state index contributed by atoms with van der Waals surface area (Å²) in [5.74, 6) is -0.125. The number of aliphatic carboxylic acids is 1. The van der Waals surface area contributed by atoms with Crippen LogP contribution in [0.2, 0.25) is 0 Å². The van der Waals surface area contributed by atoms with Gasteiger partial charge < -0.3 is 15.2 Å². The first-order valence-electron chi connectivity index (χ1n) is 6.76. The molecule has 0 atom stereocenters. The molecule has 2 N–H and O–H groups in total. The Bertz CT molecular complexity index is 428. The van der Waals surface area contributed by atoms with E-state index < -0.39 is 5.97 Å². The van der Waals surface area contributed by atoms with Gasteiger partial charge in [-0.05, 0) is 31.9 Å². The van der Waals surface area contributed by atoms with Gasteiger partial charge in [0.25, 0.3) is 0 Å². The standard InChI is InChI=1S/C15H21NO4/c1-12-5-7-13(8-6-12)20-11-9-14(17)16-10-3-2-4-15(18)19/h5-8H,2-4,9-11H2,1H3,(H,16,17)(H,18,19). The maximum Gasteiger partial charge on any atom is 0.303 e. The second kappa shape index (κ2) is 8.96. The minimum Gasteiger partial charge on any atom is -0.493 e. The van der Waals surface area contributed by atoms with E-state index in [0.29, 0.717) is 32.4 Å². The van der Waals surface area contributed by atoms with Crippen molar-refractivity contribution >= 4 is 11.9 Å². The fourth-order valence-corrected chi connectivity index (χ4v) is 1.61. The second-order valence-corrected chi connectivity index (χ2v) is 4.61. The van der Waals surface area contributed by atoms with Gasteiger partial charge in [0, 0.05) is 13.0 Å². The Kier molecular flexibility index (Phi) is 7.17. The first kappa shape index (κ1) is 16.0. The lowest BCUT2D eigenvalue weighted by molar-refractivity contribution is -0.137. The van der Waals surface area contributed by atoms with Crippen LogP contribution in [0.15, 0.2) is 24.3 Å². The average Bonchev–Trinajstić information content (AvgIpc) is 2.40. The number of rotatable bonds is 9. The maximum atomic E-state index is 11.5. The zero-order valence-electron chi connectivity index (χ0n) is 11.7. The van der Waals surface area contributed by atoms with Crippen LogP contribution in [0.3, 0.4) is 0 Å². The monoisotopic (exact) mass is 279 g/mol. The molecule has 5 nitrogen and oxygen atoms in total. The number of aryl methyl sites for hydroxylation is 1. The Morgan fingerprint density at radius 3 is 2.50 bits per heavy atom. The van der Waals surface area contributed by atoms with Crippen LogP contribution in [0.4, 0.5) is 0 Å². The van der Waals surface area contributed by atoms with Gasteiger partial charge in [0.05, 0.1) is 13.0 Å². The number of benzene rings is 1. The van der Waals surface area contributed by atoms with Crippen molar-refractivity contribution in [2.45, 2.75) is 32.6 Å². The number of nitrogens with one attached hydrogen (secondary N) is 1. The third-order valence-corrected chi connectivity index (χ3v) is 2.76. The summed E-state index contributed by atoms with van der Waals surface area (Å²) in [6.45, 7) is 2.85. The van der Waals surface area contributed by atoms with Crippen LogP contribution < -0.4 is 10.1 Å². The van der Waals surface area contributed by atoms with Crippen LogP contribution >= 0.6 is 0 Å². The summed E-state index contributed by atoms with van der Waals surface area (Å²) in [6, 6.07) is 7.66. The van der Waals surface area contributed by atoms with E-state index in [-0.39, 0.29) is 12.3 Å². The van der Waals surface area contributed by atoms with Crippen molar-refractivity contribution < 1.29 is 19.4 Å². The summed E-state index contributed by atoms with van der Waals surface area (Å²) >= 11 is 0. The Morgan fingerprint density at radius 2 is 1.85 bits per heavy atom. The van der Waals surface area contributed by atoms with Crippen molar-refractivity contribution in [1.82, 2.24) is 5.32 Å². The van der Waals surface area contributed by atoms with Crippen LogP contribution in [-0.4, -0.2) is 30.1 Å². The van der Waals surface area contributed by atoms with E-state index in [1.807, 2.05) is 31.2 Å². The Balaban J connectivity index is 2.05. The van der Waals surface area contributed by atoms with Gasteiger partial charge in [0.1, 0.15) is 5.75 Å². The minimum absolute atomic E-state index is 0.0764. The van der Waals surface area contributed by atoms with E-state index in [1.54, 1.807) is 0 Å². The lowest BCUT2D eigenvalue weighted by atomic mass is 10.2. The highest BCUT2D eigenvalue weighted by Crippen LogP contribution is 2.11. The molecule has 5 heteroatoms. The van der Waals surface area contributed by atoms with Crippen LogP contribution in [0.25, 0.3) is 0 Å². The molecule has 1 rings (SSSR count). The molecule has 0 saturated carbocycles. The Morgan fingerprint density at radius 1 is 1.15 bits per heavy atom. The van der Waals surface area contributed by atoms with Gasteiger partial charge in [-0.3, -0.25) is 9.59 Å². The minimum atomic E-state index is -0.803. The number of hydrogen-bond acceptors (Lipinski definition) is 3. The number of carbonyl (C=O) groups excluding carboxylic acids is 1. The van der Waals surface area contributed by atoms with Crippen LogP contribution in [0, 0.1) is 6.92 Å². The maximum absolute atomic E-state index is 11.5. The molecule has 1 amide bonds. The normalized spacial score (nSPS) is 10.1. The molecule has 20 heavy (non-hydrogen) atoms. The number of unbranched alkanes of at least 4 members (excludes halogenated alkanes) is 1. The van der Waals surface area contributed by atoms with Gasteiger partial charge in [-0.1, -0.05) is 17.7 Å². The molecular weight excluding hydrogens is 258 g/mol. The SMILES string of the molecule is Cc1ccc(OCCC(=O)NCCCCC(=O)O)cc1. The summed E-state index contributed by atoms with van der Waals surface area (Å²) in [5.41, 5.74) is 1.16. The fourth-order valence-electron chi connectivity index (χ4n) is 1.61. The number of carboxylic acid groups (broad SMARTS) is 1. The first-order valence-corrected chi connectivity index (χ1v) is 6.76. The molecular formula is C15H21NO4. The van der Waals surface area contributed by atoms with Gasteiger partial charge in [-0.25, -0.2) is 0 Å². The van der Waals surface area contributed by atoms with Crippen molar-refractivity contribution in [2.24, 2.45) is 0 Å². The third-order valence-electron chi connectivity index (χ3n) is 2.76. The molecule has 110 valence electrons. The van der Waals surface area contributed by atoms with Crippen molar-refractivity contribution in [1.29, 1.82) is 0 Å². The van der Waals surface area contributed by atoms with Gasteiger partial charge in [0.2, 0.25) is 5.91 Å². The van der Waals surface area contributed by atoms with Crippen molar-refractivity contribution in [3.05, 3.63) is 29.8 Å². The first-order chi connectivity index (χ1) is 9.58. The molecule has 0 aliphatic carbocycles. The summed E-state index contributed by atoms with van der Waals surface area (Å²) in [5, 5.41) is 11.2. The van der Waals surface area contributed by atoms with Crippen LogP contribution in [0.5, 0.6) is 5.75 Å². The summed E-state index contributed by atoms with van der Waals surface area (Å²) < 4.78 is 5.45. The number of amides is 1. The molecule has 0 fully saturated rings. The highest BCUT2D eigenvalue weighted by Gasteiger charge is 2.02. The zero-order valence-corrected chi connectivity index (χ0v) is 11.7. The zero-order chi connectivity index (χ0) is 14.8. The molecule has 0 spiro atoms. The quantitative estimate of drug-likeness (QED) is 0.679. The van der Waals surface area contributed by atoms with E-state index in [4.69, 9.17) is 9.84 Å². The van der Waals surface area contributed by atoms with E-state index in [9.17, 15) is 9.59 Å². The second-order valence-electron chi connectivity index (χ2n) is 4.61. The van der Waals surface area contributed by atoms with Gasteiger partial charge in [-0.15, -0.1) is 0 Å². The van der Waals surface area contributed by atoms with Crippen molar-refractivity contribution in [3.63, 3.8) is 0 Å². The summed E-state index contributed by atoms with van der Waals surface area (Å²) in [4.78, 5) is 21.8. The van der Waals surface area contributed by atoms with E-state index in [0.717, 1.165) is 11.3 Å². The highest BCUT2D eigenvalue weighted by molar-refractivity contribution is 5.75. The lowest BCUT2D eigenvalue weighted by Gasteiger charge is -2.07. The lowest BCUT2D eigenvalue weighted by Crippen LogP contribution is -2.26. The van der Waals surface area contributed by atoms with Gasteiger partial charge >= 0.3 is 5.97 Å². The van der Waals surface area contributed by atoms with E-state index >= 15 is 0 Å². The molecule has 1 aromatic rings. The molecule has 0 bridgehead atoms. The Hall–Kier alpha value is -2.04. The topological polar surface area (TPSA) is 75.6 Å². The number of carboxylic acids is 1. The molecule has 1 aromatic carbocycles. The summed E-state index contributed by atoms with van der Waals surface area (Å²) in [7, 11) is 0. The molecule has 0 saturated heterocycles. The molecule has 0 unspecified atom stereocenters. The number of carbonyl (C=O) groups is 2. The smallest absolute Gasteiger partial charge is 0.303 e. The summed E-state index contributed by atoms with van der Waals surface area (Å²) in [6.07, 6.45) is 1.70. The third kappa shape index (κ3) is 7.41. The van der Waals surface area contributed by atoms with E-state index in [2.05, 4.69) is 5.32 Å². The van der Waals surface area contributed by atoms with E-state index in [1.165, 1.54) is 0 Å². The number of ether oxygens (including phenoxy) is 1. The van der Waals surface area contributed by atoms with Crippen molar-refractivity contribution in [3.8, 4) is 5.75 Å². The average molecular weight is 279 g/mol. The molecule has 0 heterocycles. The highest BCUT2D eigenvalue weighted by atomic mass is 16.5. The molecule has 0 aromatic heterocycles. The predicted octanol–water partition coefficient (Wildman–Crippen LogP) is 2.14. The molecule has 0 aliphatic heterocycles. The Labute approximate surface area is 118 Å². The fraction of sp³-hybridized carbons (Fsp3) is 0.467. The number of hydrogen-bond donors (Lipinski definition) is 2. The van der Waals surface area contributed by atoms with Crippen LogP contribution in [-0.2, 0) is 9.59 Å². The van der Waals surface area contributed by atoms with Gasteiger partial charge in [0.15, 0.2) is 0 Å². The predicted molar refractivity (Wildman–Crippen MR) is 75.8 cm³/mol. The van der Waals surface area contributed by atoms with Gasteiger partial charge in [-0.2, -0.15) is 0 Å². The van der Waals surface area contributed by atoms with Crippen LogP contribution in [0.1, 0.15) is 31.2 Å². The molecule has 0 aliphatic rings. The van der Waals surface area contributed by atoms with Crippen molar-refractivity contribution in [2.75, 3.05) is 13.2 Å². The largest absolute Gasteiger partial charge is 0.493 e.